The topological polar surface area (TPSA) is 64.0 Å². The summed E-state index contributed by atoms with van der Waals surface area (Å²) in [6.45, 7) is 4.09. The molecule has 1 unspecified atom stereocenters. The Hall–Kier alpha value is -2.29. The van der Waals surface area contributed by atoms with Crippen molar-refractivity contribution in [3.8, 4) is 0 Å². The van der Waals surface area contributed by atoms with Crippen LogP contribution in [-0.2, 0) is 17.5 Å². The van der Waals surface area contributed by atoms with Crippen LogP contribution in [0.5, 0.6) is 0 Å². The Labute approximate surface area is 146 Å². The predicted octanol–water partition coefficient (Wildman–Crippen LogP) is 3.40. The number of rotatable bonds is 5. The number of thioether (sulfide) groups is 1. The lowest BCUT2D eigenvalue weighted by atomic mass is 10.2. The van der Waals surface area contributed by atoms with E-state index < -0.39 is 28.5 Å². The van der Waals surface area contributed by atoms with Crippen LogP contribution in [0.2, 0.25) is 0 Å². The number of aromatic nitrogens is 2. The SMILES string of the molecule is CCn1ccc(=O)nc1SC(C)C(=O)Nc1ccc(C(F)(F)F)cc1. The van der Waals surface area contributed by atoms with Crippen LogP contribution in [0.25, 0.3) is 0 Å². The van der Waals surface area contributed by atoms with Crippen molar-refractivity contribution in [1.82, 2.24) is 9.55 Å². The van der Waals surface area contributed by atoms with Gasteiger partial charge in [-0.05, 0) is 38.1 Å². The van der Waals surface area contributed by atoms with E-state index >= 15 is 0 Å². The highest BCUT2D eigenvalue weighted by Crippen LogP contribution is 2.30. The Bertz CT molecular complexity index is 804. The van der Waals surface area contributed by atoms with Crippen molar-refractivity contribution in [1.29, 1.82) is 0 Å². The van der Waals surface area contributed by atoms with E-state index in [1.165, 1.54) is 18.2 Å². The zero-order valence-electron chi connectivity index (χ0n) is 13.5. The number of nitrogens with zero attached hydrogens (tertiary/aromatic N) is 2. The van der Waals surface area contributed by atoms with Gasteiger partial charge >= 0.3 is 6.18 Å². The lowest BCUT2D eigenvalue weighted by molar-refractivity contribution is -0.137. The first kappa shape index (κ1) is 19.0. The number of alkyl halides is 3. The van der Waals surface area contributed by atoms with Crippen molar-refractivity contribution < 1.29 is 18.0 Å². The van der Waals surface area contributed by atoms with Gasteiger partial charge in [0, 0.05) is 24.5 Å². The molecule has 0 saturated heterocycles. The number of nitrogens with one attached hydrogen (secondary N) is 1. The van der Waals surface area contributed by atoms with Crippen LogP contribution < -0.4 is 10.9 Å². The quantitative estimate of drug-likeness (QED) is 0.646. The standard InChI is InChI=1S/C16H16F3N3O2S/c1-3-22-9-8-13(23)21-15(22)25-10(2)14(24)20-12-6-4-11(5-7-12)16(17,18)19/h4-10H,3H2,1-2H3,(H,20,24). The van der Waals surface area contributed by atoms with Crippen molar-refractivity contribution in [2.75, 3.05) is 5.32 Å². The minimum atomic E-state index is -4.42. The maximum absolute atomic E-state index is 12.5. The Morgan fingerprint density at radius 2 is 1.92 bits per heavy atom. The summed E-state index contributed by atoms with van der Waals surface area (Å²) in [5.41, 5.74) is -0.921. The lowest BCUT2D eigenvalue weighted by Gasteiger charge is -2.14. The van der Waals surface area contributed by atoms with Crippen LogP contribution in [0, 0.1) is 0 Å². The molecule has 9 heteroatoms. The number of benzene rings is 1. The molecule has 5 nitrogen and oxygen atoms in total. The number of carbonyl (C=O) groups is 1. The van der Waals surface area contributed by atoms with Gasteiger partial charge in [-0.1, -0.05) is 11.8 Å². The molecule has 1 N–H and O–H groups in total. The molecular weight excluding hydrogens is 355 g/mol. The molecule has 0 saturated carbocycles. The largest absolute Gasteiger partial charge is 0.416 e. The van der Waals surface area contributed by atoms with Gasteiger partial charge in [0.25, 0.3) is 5.56 Å². The number of anilines is 1. The molecule has 1 amide bonds. The minimum Gasteiger partial charge on any atom is -0.328 e. The maximum Gasteiger partial charge on any atom is 0.416 e. The summed E-state index contributed by atoms with van der Waals surface area (Å²) in [5, 5.41) is 2.37. The van der Waals surface area contributed by atoms with Crippen molar-refractivity contribution in [3.05, 3.63) is 52.4 Å². The zero-order chi connectivity index (χ0) is 18.6. The Kier molecular flexibility index (Phi) is 5.89. The zero-order valence-corrected chi connectivity index (χ0v) is 14.3. The van der Waals surface area contributed by atoms with E-state index in [4.69, 9.17) is 0 Å². The average molecular weight is 371 g/mol. The van der Waals surface area contributed by atoms with Crippen LogP contribution >= 0.6 is 11.8 Å². The molecule has 0 bridgehead atoms. The molecule has 1 atom stereocenters. The first-order chi connectivity index (χ1) is 11.7. The third-order valence-electron chi connectivity index (χ3n) is 3.32. The molecule has 25 heavy (non-hydrogen) atoms. The second kappa shape index (κ2) is 7.73. The highest BCUT2D eigenvalue weighted by Gasteiger charge is 2.30. The molecule has 0 aliphatic rings. The van der Waals surface area contributed by atoms with Crippen LogP contribution in [0.3, 0.4) is 0 Å². The summed E-state index contributed by atoms with van der Waals surface area (Å²) in [6, 6.07) is 5.53. The molecule has 134 valence electrons. The van der Waals surface area contributed by atoms with Crippen molar-refractivity contribution in [2.24, 2.45) is 0 Å². The molecule has 1 aromatic heterocycles. The number of halogens is 3. The van der Waals surface area contributed by atoms with Crippen LogP contribution in [-0.4, -0.2) is 20.7 Å². The summed E-state index contributed by atoms with van der Waals surface area (Å²) in [6.07, 6.45) is -2.83. The third kappa shape index (κ3) is 5.09. The first-order valence-electron chi connectivity index (χ1n) is 7.43. The summed E-state index contributed by atoms with van der Waals surface area (Å²) >= 11 is 1.10. The van der Waals surface area contributed by atoms with E-state index in [9.17, 15) is 22.8 Å². The normalized spacial score (nSPS) is 12.7. The Balaban J connectivity index is 2.06. The summed E-state index contributed by atoms with van der Waals surface area (Å²) < 4.78 is 39.3. The molecule has 0 aliphatic heterocycles. The van der Waals surface area contributed by atoms with E-state index in [1.54, 1.807) is 17.7 Å². The molecule has 1 aromatic carbocycles. The van der Waals surface area contributed by atoms with Gasteiger partial charge in [-0.25, -0.2) is 0 Å². The summed E-state index contributed by atoms with van der Waals surface area (Å²) in [7, 11) is 0. The molecule has 1 heterocycles. The van der Waals surface area contributed by atoms with Gasteiger partial charge in [0.1, 0.15) is 0 Å². The molecule has 0 aliphatic carbocycles. The first-order valence-corrected chi connectivity index (χ1v) is 8.31. The van der Waals surface area contributed by atoms with Gasteiger partial charge < -0.3 is 9.88 Å². The monoisotopic (exact) mass is 371 g/mol. The molecule has 0 radical (unpaired) electrons. The van der Waals surface area contributed by atoms with Gasteiger partial charge in [-0.3, -0.25) is 9.59 Å². The van der Waals surface area contributed by atoms with Gasteiger partial charge in [-0.15, -0.1) is 0 Å². The van der Waals surface area contributed by atoms with E-state index in [2.05, 4.69) is 10.3 Å². The summed E-state index contributed by atoms with van der Waals surface area (Å²) in [5.74, 6) is -0.398. The van der Waals surface area contributed by atoms with Crippen molar-refractivity contribution in [2.45, 2.75) is 37.0 Å². The predicted molar refractivity (Wildman–Crippen MR) is 89.6 cm³/mol. The van der Waals surface area contributed by atoms with Gasteiger partial charge in [0.05, 0.1) is 10.8 Å². The average Bonchev–Trinajstić information content (AvgIpc) is 2.54. The molecule has 0 fully saturated rings. The van der Waals surface area contributed by atoms with Gasteiger partial charge in [-0.2, -0.15) is 18.2 Å². The maximum atomic E-state index is 12.5. The fraction of sp³-hybridized carbons (Fsp3) is 0.312. The second-order valence-electron chi connectivity index (χ2n) is 5.16. The summed E-state index contributed by atoms with van der Waals surface area (Å²) in [4.78, 5) is 27.5. The van der Waals surface area contributed by atoms with Crippen LogP contribution in [0.15, 0.2) is 46.5 Å². The highest BCUT2D eigenvalue weighted by molar-refractivity contribution is 8.00. The van der Waals surface area contributed by atoms with Crippen LogP contribution in [0.1, 0.15) is 19.4 Å². The third-order valence-corrected chi connectivity index (χ3v) is 4.42. The number of aryl methyl sites for hydroxylation is 1. The number of hydrogen-bond acceptors (Lipinski definition) is 4. The van der Waals surface area contributed by atoms with Gasteiger partial charge in [0.15, 0.2) is 5.16 Å². The van der Waals surface area contributed by atoms with E-state index in [0.29, 0.717) is 11.7 Å². The number of amides is 1. The molecular formula is C16H16F3N3O2S. The van der Waals surface area contributed by atoms with Crippen LogP contribution in [0.4, 0.5) is 18.9 Å². The van der Waals surface area contributed by atoms with Crippen molar-refractivity contribution >= 4 is 23.4 Å². The van der Waals surface area contributed by atoms with Crippen molar-refractivity contribution in [3.63, 3.8) is 0 Å². The second-order valence-corrected chi connectivity index (χ2v) is 6.47. The lowest BCUT2D eigenvalue weighted by Crippen LogP contribution is -2.24. The molecule has 2 rings (SSSR count). The van der Waals surface area contributed by atoms with Gasteiger partial charge in [0.2, 0.25) is 5.91 Å². The molecule has 0 spiro atoms. The fourth-order valence-corrected chi connectivity index (χ4v) is 2.90. The number of hydrogen-bond donors (Lipinski definition) is 1. The highest BCUT2D eigenvalue weighted by atomic mass is 32.2. The number of carbonyl (C=O) groups excluding carboxylic acids is 1. The van der Waals surface area contributed by atoms with E-state index in [1.807, 2.05) is 6.92 Å². The van der Waals surface area contributed by atoms with E-state index in [-0.39, 0.29) is 5.69 Å². The molecule has 2 aromatic rings. The fourth-order valence-electron chi connectivity index (χ4n) is 1.95. The minimum absolute atomic E-state index is 0.263. The Morgan fingerprint density at radius 3 is 2.48 bits per heavy atom. The Morgan fingerprint density at radius 1 is 1.28 bits per heavy atom. The smallest absolute Gasteiger partial charge is 0.328 e. The van der Waals surface area contributed by atoms with E-state index in [0.717, 1.165) is 23.9 Å².